The molecule has 2 aromatic rings. The summed E-state index contributed by atoms with van der Waals surface area (Å²) in [6, 6.07) is 18.2. The lowest BCUT2D eigenvalue weighted by Crippen LogP contribution is -2.69. The molecule has 0 bridgehead atoms. The first-order chi connectivity index (χ1) is 14.1. The second-order valence-corrected chi connectivity index (χ2v) is 8.14. The summed E-state index contributed by atoms with van der Waals surface area (Å²) in [4.78, 5) is 26.3. The summed E-state index contributed by atoms with van der Waals surface area (Å²) in [5.41, 5.74) is 3.38. The fourth-order valence-electron chi connectivity index (χ4n) is 4.59. The molecule has 0 spiro atoms. The van der Waals surface area contributed by atoms with Crippen LogP contribution in [0.5, 0.6) is 0 Å². The van der Waals surface area contributed by atoms with Crippen molar-refractivity contribution in [2.45, 2.75) is 44.2 Å². The number of hydrogen-bond acceptors (Lipinski definition) is 3. The van der Waals surface area contributed by atoms with Crippen LogP contribution in [0.25, 0.3) is 11.1 Å². The van der Waals surface area contributed by atoms with Crippen molar-refractivity contribution in [3.05, 3.63) is 60.2 Å². The van der Waals surface area contributed by atoms with Crippen molar-refractivity contribution in [1.29, 1.82) is 0 Å². The molecule has 1 saturated heterocycles. The predicted molar refractivity (Wildman–Crippen MR) is 112 cm³/mol. The number of rotatable bonds is 6. The number of nitrogens with zero attached hydrogens (tertiary/aromatic N) is 1. The molecule has 0 unspecified atom stereocenters. The van der Waals surface area contributed by atoms with E-state index in [4.69, 9.17) is 0 Å². The number of hydrogen-bond donors (Lipinski definition) is 2. The van der Waals surface area contributed by atoms with E-state index in [1.54, 1.807) is 0 Å². The molecular weight excluding hydrogens is 364 g/mol. The van der Waals surface area contributed by atoms with Gasteiger partial charge in [-0.1, -0.05) is 61.0 Å². The van der Waals surface area contributed by atoms with Gasteiger partial charge in [0.05, 0.1) is 18.7 Å². The van der Waals surface area contributed by atoms with Crippen LogP contribution in [0.3, 0.4) is 0 Å². The predicted octanol–water partition coefficient (Wildman–Crippen LogP) is 2.95. The zero-order valence-electron chi connectivity index (χ0n) is 16.8. The topological polar surface area (TPSA) is 69.6 Å². The first-order valence-electron chi connectivity index (χ1n) is 10.4. The molecule has 2 fully saturated rings. The van der Waals surface area contributed by atoms with Gasteiger partial charge in [0.2, 0.25) is 11.8 Å². The minimum atomic E-state index is -0.232. The number of aliphatic hydroxyl groups is 1. The van der Waals surface area contributed by atoms with Gasteiger partial charge in [-0.25, -0.2) is 0 Å². The van der Waals surface area contributed by atoms with Crippen LogP contribution in [0.15, 0.2) is 54.6 Å². The molecule has 2 amide bonds. The molecule has 1 saturated carbocycles. The standard InChI is InChI=1S/C24H28N2O3/c1-16(28)25-14-21-23(22(15-27)26(21)24(29)20-8-5-9-20)19-12-10-18(11-13-19)17-6-3-2-4-7-17/h2-4,6-7,10-13,20-23,27H,5,8-9,14-15H2,1H3,(H,25,28)/t21-,22+,23+/m1/s1. The molecule has 1 aliphatic carbocycles. The molecule has 2 aliphatic rings. The smallest absolute Gasteiger partial charge is 0.226 e. The fourth-order valence-corrected chi connectivity index (χ4v) is 4.59. The summed E-state index contributed by atoms with van der Waals surface area (Å²) in [5.74, 6) is 0.112. The molecule has 1 aliphatic heterocycles. The van der Waals surface area contributed by atoms with Gasteiger partial charge in [-0.05, 0) is 29.5 Å². The summed E-state index contributed by atoms with van der Waals surface area (Å²) in [7, 11) is 0. The average Bonchev–Trinajstić information content (AvgIpc) is 2.67. The molecule has 0 aromatic heterocycles. The van der Waals surface area contributed by atoms with E-state index >= 15 is 0 Å². The van der Waals surface area contributed by atoms with E-state index < -0.39 is 0 Å². The van der Waals surface area contributed by atoms with Crippen LogP contribution < -0.4 is 5.32 Å². The molecule has 0 radical (unpaired) electrons. The Balaban J connectivity index is 1.57. The number of aliphatic hydroxyl groups excluding tert-OH is 1. The van der Waals surface area contributed by atoms with Crippen LogP contribution in [-0.4, -0.2) is 47.1 Å². The Morgan fingerprint density at radius 3 is 2.21 bits per heavy atom. The summed E-state index contributed by atoms with van der Waals surface area (Å²) in [6.45, 7) is 1.83. The van der Waals surface area contributed by atoms with Crippen molar-refractivity contribution in [1.82, 2.24) is 10.2 Å². The van der Waals surface area contributed by atoms with E-state index in [-0.39, 0.29) is 42.3 Å². The molecule has 2 aromatic carbocycles. The SMILES string of the molecule is CC(=O)NC[C@@H]1[C@H](c2ccc(-c3ccccc3)cc2)[C@H](CO)N1C(=O)C1CCC1. The van der Waals surface area contributed by atoms with Crippen molar-refractivity contribution in [3.8, 4) is 11.1 Å². The van der Waals surface area contributed by atoms with Gasteiger partial charge in [0.1, 0.15) is 0 Å². The second-order valence-electron chi connectivity index (χ2n) is 8.14. The number of nitrogens with one attached hydrogen (secondary N) is 1. The van der Waals surface area contributed by atoms with E-state index in [0.717, 1.165) is 36.0 Å². The lowest BCUT2D eigenvalue weighted by Gasteiger charge is -2.56. The minimum Gasteiger partial charge on any atom is -0.394 e. The number of benzene rings is 2. The van der Waals surface area contributed by atoms with Gasteiger partial charge >= 0.3 is 0 Å². The first-order valence-corrected chi connectivity index (χ1v) is 10.4. The van der Waals surface area contributed by atoms with Gasteiger partial charge in [0, 0.05) is 25.3 Å². The fraction of sp³-hybridized carbons (Fsp3) is 0.417. The van der Waals surface area contributed by atoms with Gasteiger partial charge in [-0.2, -0.15) is 0 Å². The second kappa shape index (κ2) is 8.37. The number of likely N-dealkylation sites (tertiary alicyclic amines) is 1. The zero-order valence-corrected chi connectivity index (χ0v) is 16.8. The number of carbonyl (C=O) groups is 2. The summed E-state index contributed by atoms with van der Waals surface area (Å²) in [6.07, 6.45) is 2.95. The maximum atomic E-state index is 13.0. The summed E-state index contributed by atoms with van der Waals surface area (Å²) < 4.78 is 0. The van der Waals surface area contributed by atoms with E-state index in [1.165, 1.54) is 6.92 Å². The van der Waals surface area contributed by atoms with Crippen molar-refractivity contribution >= 4 is 11.8 Å². The monoisotopic (exact) mass is 392 g/mol. The zero-order chi connectivity index (χ0) is 20.4. The lowest BCUT2D eigenvalue weighted by molar-refractivity contribution is -0.158. The third kappa shape index (κ3) is 3.79. The highest BCUT2D eigenvalue weighted by Gasteiger charge is 2.52. The largest absolute Gasteiger partial charge is 0.394 e. The van der Waals surface area contributed by atoms with E-state index in [2.05, 4.69) is 41.7 Å². The van der Waals surface area contributed by atoms with Crippen LogP contribution in [0.2, 0.25) is 0 Å². The van der Waals surface area contributed by atoms with Crippen LogP contribution in [0.1, 0.15) is 37.7 Å². The average molecular weight is 392 g/mol. The summed E-state index contributed by atoms with van der Waals surface area (Å²) in [5, 5.41) is 12.9. The molecular formula is C24H28N2O3. The summed E-state index contributed by atoms with van der Waals surface area (Å²) >= 11 is 0. The van der Waals surface area contributed by atoms with Crippen molar-refractivity contribution < 1.29 is 14.7 Å². The lowest BCUT2D eigenvalue weighted by atomic mass is 9.72. The molecule has 5 nitrogen and oxygen atoms in total. The Hall–Kier alpha value is -2.66. The van der Waals surface area contributed by atoms with Gasteiger partial charge in [0.25, 0.3) is 0 Å². The number of amides is 2. The van der Waals surface area contributed by atoms with Gasteiger partial charge < -0.3 is 15.3 Å². The quantitative estimate of drug-likeness (QED) is 0.794. The molecule has 4 rings (SSSR count). The molecule has 3 atom stereocenters. The van der Waals surface area contributed by atoms with Crippen molar-refractivity contribution in [2.75, 3.05) is 13.2 Å². The van der Waals surface area contributed by atoms with E-state index in [0.29, 0.717) is 6.54 Å². The highest BCUT2D eigenvalue weighted by atomic mass is 16.3. The van der Waals surface area contributed by atoms with Crippen LogP contribution >= 0.6 is 0 Å². The highest BCUT2D eigenvalue weighted by molar-refractivity contribution is 5.82. The maximum Gasteiger partial charge on any atom is 0.226 e. The Kier molecular flexibility index (Phi) is 5.67. The van der Waals surface area contributed by atoms with E-state index in [1.807, 2.05) is 23.1 Å². The Morgan fingerprint density at radius 2 is 1.66 bits per heavy atom. The highest BCUT2D eigenvalue weighted by Crippen LogP contribution is 2.43. The van der Waals surface area contributed by atoms with Crippen molar-refractivity contribution in [3.63, 3.8) is 0 Å². The van der Waals surface area contributed by atoms with Crippen LogP contribution in [-0.2, 0) is 9.59 Å². The molecule has 1 heterocycles. The molecule has 2 N–H and O–H groups in total. The van der Waals surface area contributed by atoms with Gasteiger partial charge in [0.15, 0.2) is 0 Å². The number of carbonyl (C=O) groups excluding carboxylic acids is 2. The molecule has 152 valence electrons. The van der Waals surface area contributed by atoms with Crippen LogP contribution in [0, 0.1) is 5.92 Å². The minimum absolute atomic E-state index is 0.0145. The molecule has 29 heavy (non-hydrogen) atoms. The third-order valence-electron chi connectivity index (χ3n) is 6.40. The Bertz CT molecular complexity index is 861. The first kappa shape index (κ1) is 19.6. The van der Waals surface area contributed by atoms with E-state index in [9.17, 15) is 14.7 Å². The van der Waals surface area contributed by atoms with Gasteiger partial charge in [-0.15, -0.1) is 0 Å². The third-order valence-corrected chi connectivity index (χ3v) is 6.40. The Morgan fingerprint density at radius 1 is 1.00 bits per heavy atom. The van der Waals surface area contributed by atoms with Crippen molar-refractivity contribution in [2.24, 2.45) is 5.92 Å². The molecule has 5 heteroatoms. The van der Waals surface area contributed by atoms with Gasteiger partial charge in [-0.3, -0.25) is 9.59 Å². The maximum absolute atomic E-state index is 13.0. The van der Waals surface area contributed by atoms with Crippen LogP contribution in [0.4, 0.5) is 0 Å². The Labute approximate surface area is 171 Å². The normalized spacial score (nSPS) is 23.8.